The van der Waals surface area contributed by atoms with E-state index in [0.717, 1.165) is 5.56 Å². The van der Waals surface area contributed by atoms with E-state index in [2.05, 4.69) is 27.5 Å². The van der Waals surface area contributed by atoms with Crippen LogP contribution in [0.1, 0.15) is 35.6 Å². The van der Waals surface area contributed by atoms with Crippen LogP contribution in [0.15, 0.2) is 95.6 Å². The summed E-state index contributed by atoms with van der Waals surface area (Å²) in [6.45, 7) is 4.77. The third kappa shape index (κ3) is 7.25. The fraction of sp³-hybridized carbons (Fsp3) is 0.267. The molecule has 1 amide bonds. The number of halogens is 1. The lowest BCUT2D eigenvalue weighted by Crippen LogP contribution is -2.52. The van der Waals surface area contributed by atoms with Gasteiger partial charge in [0.2, 0.25) is 5.90 Å². The Morgan fingerprint density at radius 3 is 2.66 bits per heavy atom. The second-order valence-electron chi connectivity index (χ2n) is 9.29. The highest BCUT2D eigenvalue weighted by atomic mass is 35.5. The molecule has 0 bridgehead atoms. The zero-order valence-corrected chi connectivity index (χ0v) is 23.1. The number of azide groups is 1. The monoisotopic (exact) mass is 574 g/mol. The average molecular weight is 575 g/mol. The van der Waals surface area contributed by atoms with Gasteiger partial charge in [-0.2, -0.15) is 0 Å². The Kier molecular flexibility index (Phi) is 10.4. The van der Waals surface area contributed by atoms with Gasteiger partial charge in [0.1, 0.15) is 5.75 Å². The molecule has 0 aromatic heterocycles. The number of hydrazine groups is 1. The molecule has 3 N–H and O–H groups in total. The third-order valence-corrected chi connectivity index (χ3v) is 6.76. The number of rotatable bonds is 14. The van der Waals surface area contributed by atoms with Crippen molar-refractivity contribution in [3.63, 3.8) is 0 Å². The van der Waals surface area contributed by atoms with Crippen molar-refractivity contribution < 1.29 is 19.4 Å². The van der Waals surface area contributed by atoms with Crippen LogP contribution in [-0.4, -0.2) is 42.2 Å². The van der Waals surface area contributed by atoms with Crippen LogP contribution < -0.4 is 15.6 Å². The highest BCUT2D eigenvalue weighted by Gasteiger charge is 2.53. The highest BCUT2D eigenvalue weighted by molar-refractivity contribution is 6.30. The van der Waals surface area contributed by atoms with Gasteiger partial charge in [0.15, 0.2) is 11.6 Å². The molecule has 11 heteroatoms. The summed E-state index contributed by atoms with van der Waals surface area (Å²) < 4.78 is 12.0. The van der Waals surface area contributed by atoms with Crippen molar-refractivity contribution in [3.8, 4) is 5.75 Å². The fourth-order valence-electron chi connectivity index (χ4n) is 4.47. The number of carbonyl (C=O) groups is 1. The molecule has 0 fully saturated rings. The minimum Gasteiger partial charge on any atom is -0.494 e. The summed E-state index contributed by atoms with van der Waals surface area (Å²) >= 11 is 5.97. The Balaban J connectivity index is 1.62. The van der Waals surface area contributed by atoms with Gasteiger partial charge in [0.25, 0.3) is 5.91 Å². The molecule has 1 heterocycles. The summed E-state index contributed by atoms with van der Waals surface area (Å²) in [4.78, 5) is 21.7. The second kappa shape index (κ2) is 14.3. The number of hydrogen-bond donors (Lipinski definition) is 3. The first kappa shape index (κ1) is 29.6. The van der Waals surface area contributed by atoms with Crippen molar-refractivity contribution in [1.29, 1.82) is 0 Å². The van der Waals surface area contributed by atoms with Gasteiger partial charge in [0.05, 0.1) is 6.61 Å². The van der Waals surface area contributed by atoms with E-state index in [1.165, 1.54) is 0 Å². The molecular weight excluding hydrogens is 544 g/mol. The van der Waals surface area contributed by atoms with Gasteiger partial charge in [-0.3, -0.25) is 10.2 Å². The molecule has 0 unspecified atom stereocenters. The minimum absolute atomic E-state index is 0.0465. The van der Waals surface area contributed by atoms with Crippen molar-refractivity contribution in [2.75, 3.05) is 19.8 Å². The van der Waals surface area contributed by atoms with Crippen LogP contribution in [0.3, 0.4) is 0 Å². The maximum atomic E-state index is 13.9. The Labute approximate surface area is 243 Å². The smallest absolute Gasteiger partial charge is 0.266 e. The van der Waals surface area contributed by atoms with E-state index >= 15 is 0 Å². The maximum Gasteiger partial charge on any atom is 0.266 e. The van der Waals surface area contributed by atoms with E-state index in [4.69, 9.17) is 36.7 Å². The van der Waals surface area contributed by atoms with E-state index in [0.29, 0.717) is 53.6 Å². The lowest BCUT2D eigenvalue weighted by molar-refractivity contribution is -0.129. The first-order valence-corrected chi connectivity index (χ1v) is 13.5. The van der Waals surface area contributed by atoms with E-state index < -0.39 is 17.6 Å². The molecule has 4 rings (SSSR count). The van der Waals surface area contributed by atoms with Gasteiger partial charge in [-0.1, -0.05) is 59.2 Å². The largest absolute Gasteiger partial charge is 0.494 e. The molecule has 1 aliphatic rings. The standard InChI is InChI=1S/C30H31ClN6O4/c1-2-17-30(29(39)36-33-18-16-21-8-12-23(31)13-9-21)27(25-6-3-4-7-26(25)35-37-32)41-28(34-30)22-10-14-24(15-11-22)40-20-5-19-38/h2-4,6-15,27,33,38H,1,5,16-20H2,(H,36,39)/t27-,30-/m0/s1. The molecule has 3 aromatic carbocycles. The van der Waals surface area contributed by atoms with E-state index in [1.807, 2.05) is 24.3 Å². The average Bonchev–Trinajstić information content (AvgIpc) is 3.37. The van der Waals surface area contributed by atoms with Crippen LogP contribution in [0, 0.1) is 0 Å². The summed E-state index contributed by atoms with van der Waals surface area (Å²) in [5.41, 5.74) is 16.1. The topological polar surface area (TPSA) is 141 Å². The molecule has 2 atom stereocenters. The van der Waals surface area contributed by atoms with E-state index in [-0.39, 0.29) is 18.9 Å². The molecule has 0 saturated heterocycles. The predicted octanol–water partition coefficient (Wildman–Crippen LogP) is 5.74. The first-order valence-electron chi connectivity index (χ1n) is 13.1. The summed E-state index contributed by atoms with van der Waals surface area (Å²) in [5.74, 6) is 0.463. The van der Waals surface area contributed by atoms with Crippen LogP contribution in [0.4, 0.5) is 5.69 Å². The summed E-state index contributed by atoms with van der Waals surface area (Å²) in [6.07, 6.45) is 2.04. The van der Waals surface area contributed by atoms with Gasteiger partial charge in [0, 0.05) is 52.7 Å². The molecule has 1 aliphatic heterocycles. The number of aliphatic hydroxyl groups is 1. The molecule has 41 heavy (non-hydrogen) atoms. The number of carbonyl (C=O) groups excluding carboxylic acids is 1. The van der Waals surface area contributed by atoms with Crippen LogP contribution >= 0.6 is 11.6 Å². The number of nitrogens with one attached hydrogen (secondary N) is 2. The number of ether oxygens (including phenoxy) is 2. The number of nitrogens with zero attached hydrogens (tertiary/aromatic N) is 4. The minimum atomic E-state index is -1.44. The number of benzene rings is 3. The molecule has 3 aromatic rings. The maximum absolute atomic E-state index is 13.9. The lowest BCUT2D eigenvalue weighted by atomic mass is 9.84. The van der Waals surface area contributed by atoms with Gasteiger partial charge < -0.3 is 14.6 Å². The lowest BCUT2D eigenvalue weighted by Gasteiger charge is -2.30. The highest BCUT2D eigenvalue weighted by Crippen LogP contribution is 2.45. The van der Waals surface area contributed by atoms with Crippen molar-refractivity contribution in [1.82, 2.24) is 10.9 Å². The Hall–Kier alpha value is -4.34. The zero-order valence-electron chi connectivity index (χ0n) is 22.4. The predicted molar refractivity (Wildman–Crippen MR) is 158 cm³/mol. The number of amides is 1. The molecule has 10 nitrogen and oxygen atoms in total. The zero-order chi connectivity index (χ0) is 29.1. The molecule has 0 aliphatic carbocycles. The molecule has 0 saturated carbocycles. The van der Waals surface area contributed by atoms with Crippen LogP contribution in [0.2, 0.25) is 5.02 Å². The van der Waals surface area contributed by atoms with Gasteiger partial charge in [-0.05, 0) is 53.9 Å². The van der Waals surface area contributed by atoms with Gasteiger partial charge in [-0.15, -0.1) is 6.58 Å². The SMILES string of the molecule is C=CC[C@]1(C(=O)NNCCc2ccc(Cl)cc2)N=C(c2ccc(OCCCO)cc2)O[C@H]1c1ccccc1N=[N+]=[N-]. The number of hydrogen-bond acceptors (Lipinski definition) is 7. The Morgan fingerprint density at radius 1 is 1.20 bits per heavy atom. The molecule has 0 radical (unpaired) electrons. The van der Waals surface area contributed by atoms with Gasteiger partial charge >= 0.3 is 0 Å². The van der Waals surface area contributed by atoms with Crippen molar-refractivity contribution in [3.05, 3.63) is 118 Å². The fourth-order valence-corrected chi connectivity index (χ4v) is 4.60. The van der Waals surface area contributed by atoms with Crippen molar-refractivity contribution in [2.45, 2.75) is 30.9 Å². The van der Waals surface area contributed by atoms with E-state index in [1.54, 1.807) is 54.6 Å². The quantitative estimate of drug-likeness (QED) is 0.0562. The van der Waals surface area contributed by atoms with E-state index in [9.17, 15) is 4.79 Å². The van der Waals surface area contributed by atoms with Crippen LogP contribution in [0.25, 0.3) is 10.4 Å². The Bertz CT molecular complexity index is 1420. The van der Waals surface area contributed by atoms with Crippen LogP contribution in [0.5, 0.6) is 5.75 Å². The molecule has 212 valence electrons. The third-order valence-electron chi connectivity index (χ3n) is 6.51. The Morgan fingerprint density at radius 2 is 1.95 bits per heavy atom. The summed E-state index contributed by atoms with van der Waals surface area (Å²) in [6, 6.07) is 21.6. The summed E-state index contributed by atoms with van der Waals surface area (Å²) in [7, 11) is 0. The molecule has 0 spiro atoms. The van der Waals surface area contributed by atoms with Gasteiger partial charge in [-0.25, -0.2) is 10.4 Å². The van der Waals surface area contributed by atoms with Crippen molar-refractivity contribution >= 4 is 29.1 Å². The summed E-state index contributed by atoms with van der Waals surface area (Å²) in [5, 5.41) is 13.5. The number of aliphatic hydroxyl groups excluding tert-OH is 1. The van der Waals surface area contributed by atoms with Crippen molar-refractivity contribution in [2.24, 2.45) is 10.1 Å². The second-order valence-corrected chi connectivity index (χ2v) is 9.72. The normalized spacial score (nSPS) is 17.6. The first-order chi connectivity index (χ1) is 20.0. The molecular formula is C30H31ClN6O4. The van der Waals surface area contributed by atoms with Crippen LogP contribution in [-0.2, 0) is 16.0 Å². The number of aliphatic imine (C=N–C) groups is 1.